The van der Waals surface area contributed by atoms with Gasteiger partial charge in [-0.1, -0.05) is 0 Å². The second-order valence-electron chi connectivity index (χ2n) is 4.85. The van der Waals surface area contributed by atoms with E-state index in [1.54, 1.807) is 12.3 Å². The van der Waals surface area contributed by atoms with Gasteiger partial charge in [-0.15, -0.1) is 0 Å². The molecule has 0 saturated carbocycles. The highest BCUT2D eigenvalue weighted by atomic mass is 16.5. The molecule has 1 atom stereocenters. The number of pyridine rings is 1. The first-order valence-electron chi connectivity index (χ1n) is 6.72. The summed E-state index contributed by atoms with van der Waals surface area (Å²) in [5.74, 6) is 5.21. The number of amides is 1. The van der Waals surface area contributed by atoms with Crippen LogP contribution in [0.15, 0.2) is 18.5 Å². The molecule has 0 spiro atoms. The van der Waals surface area contributed by atoms with Gasteiger partial charge in [-0.2, -0.15) is 0 Å². The van der Waals surface area contributed by atoms with E-state index in [9.17, 15) is 4.79 Å². The number of nitrogens with two attached hydrogens (primary N) is 1. The zero-order valence-electron chi connectivity index (χ0n) is 11.6. The molecule has 1 amide bonds. The van der Waals surface area contributed by atoms with Crippen LogP contribution in [-0.2, 0) is 4.74 Å². The molecule has 1 saturated heterocycles. The second kappa shape index (κ2) is 7.18. The van der Waals surface area contributed by atoms with Crippen LogP contribution in [0.4, 0.5) is 5.69 Å². The van der Waals surface area contributed by atoms with Gasteiger partial charge in [0.1, 0.15) is 0 Å². The molecule has 110 valence electrons. The zero-order valence-corrected chi connectivity index (χ0v) is 11.6. The lowest BCUT2D eigenvalue weighted by Crippen LogP contribution is -2.46. The number of anilines is 1. The molecular formula is C13H21N5O2. The summed E-state index contributed by atoms with van der Waals surface area (Å²) >= 11 is 0. The van der Waals surface area contributed by atoms with Gasteiger partial charge < -0.3 is 15.5 Å². The minimum absolute atomic E-state index is 0.0476. The van der Waals surface area contributed by atoms with E-state index < -0.39 is 0 Å². The fourth-order valence-electron chi connectivity index (χ4n) is 2.22. The van der Waals surface area contributed by atoms with Crippen LogP contribution in [-0.4, -0.2) is 54.7 Å². The predicted octanol–water partition coefficient (Wildman–Crippen LogP) is -0.182. The Labute approximate surface area is 118 Å². The van der Waals surface area contributed by atoms with Crippen molar-refractivity contribution >= 4 is 11.6 Å². The van der Waals surface area contributed by atoms with Gasteiger partial charge in [0.25, 0.3) is 5.91 Å². The van der Waals surface area contributed by atoms with E-state index in [0.29, 0.717) is 11.3 Å². The van der Waals surface area contributed by atoms with Gasteiger partial charge in [-0.3, -0.25) is 20.5 Å². The molecule has 1 fully saturated rings. The van der Waals surface area contributed by atoms with Crippen LogP contribution < -0.4 is 16.6 Å². The number of carbonyl (C=O) groups excluding carboxylic acids is 1. The number of ether oxygens (including phenoxy) is 1. The molecule has 20 heavy (non-hydrogen) atoms. The Morgan fingerprint density at radius 2 is 2.30 bits per heavy atom. The van der Waals surface area contributed by atoms with Crippen molar-refractivity contribution in [3.05, 3.63) is 24.0 Å². The van der Waals surface area contributed by atoms with Crippen molar-refractivity contribution in [2.75, 3.05) is 38.3 Å². The first-order chi connectivity index (χ1) is 9.70. The maximum Gasteiger partial charge on any atom is 0.255 e. The average Bonchev–Trinajstić information content (AvgIpc) is 2.48. The quantitative estimate of drug-likeness (QED) is 0.511. The lowest BCUT2D eigenvalue weighted by atomic mass is 10.2. The molecule has 0 bridgehead atoms. The average molecular weight is 279 g/mol. The topological polar surface area (TPSA) is 92.5 Å². The van der Waals surface area contributed by atoms with E-state index in [4.69, 9.17) is 10.6 Å². The summed E-state index contributed by atoms with van der Waals surface area (Å²) in [5, 5.41) is 2.96. The minimum atomic E-state index is -0.174. The van der Waals surface area contributed by atoms with E-state index in [1.165, 1.54) is 6.20 Å². The van der Waals surface area contributed by atoms with Gasteiger partial charge in [-0.25, -0.2) is 0 Å². The van der Waals surface area contributed by atoms with Crippen molar-refractivity contribution in [2.24, 2.45) is 5.84 Å². The SMILES string of the molecule is CC(CN1CCOCC1)NC(=O)c1cnccc1NN. The normalized spacial score (nSPS) is 17.5. The molecule has 0 radical (unpaired) electrons. The van der Waals surface area contributed by atoms with E-state index in [2.05, 4.69) is 20.6 Å². The molecule has 4 N–H and O–H groups in total. The molecule has 0 aliphatic carbocycles. The van der Waals surface area contributed by atoms with Crippen LogP contribution in [0.25, 0.3) is 0 Å². The summed E-state index contributed by atoms with van der Waals surface area (Å²) in [6.45, 7) is 6.11. The smallest absolute Gasteiger partial charge is 0.255 e. The lowest BCUT2D eigenvalue weighted by molar-refractivity contribution is 0.0342. The largest absolute Gasteiger partial charge is 0.379 e. The first-order valence-corrected chi connectivity index (χ1v) is 6.72. The Balaban J connectivity index is 1.89. The van der Waals surface area contributed by atoms with Crippen LogP contribution in [0.2, 0.25) is 0 Å². The highest BCUT2D eigenvalue weighted by Crippen LogP contribution is 2.11. The molecule has 1 aliphatic rings. The molecule has 1 unspecified atom stereocenters. The third-order valence-electron chi connectivity index (χ3n) is 3.23. The van der Waals surface area contributed by atoms with Crippen molar-refractivity contribution in [3.63, 3.8) is 0 Å². The number of aromatic nitrogens is 1. The number of morpholine rings is 1. The fraction of sp³-hybridized carbons (Fsp3) is 0.538. The third kappa shape index (κ3) is 3.89. The van der Waals surface area contributed by atoms with Crippen molar-refractivity contribution in [1.29, 1.82) is 0 Å². The summed E-state index contributed by atoms with van der Waals surface area (Å²) in [4.78, 5) is 18.4. The maximum absolute atomic E-state index is 12.2. The molecular weight excluding hydrogens is 258 g/mol. The Bertz CT molecular complexity index is 448. The van der Waals surface area contributed by atoms with Gasteiger partial charge in [-0.05, 0) is 13.0 Å². The van der Waals surface area contributed by atoms with Crippen molar-refractivity contribution in [2.45, 2.75) is 13.0 Å². The third-order valence-corrected chi connectivity index (χ3v) is 3.23. The lowest BCUT2D eigenvalue weighted by Gasteiger charge is -2.29. The monoisotopic (exact) mass is 279 g/mol. The van der Waals surface area contributed by atoms with E-state index in [-0.39, 0.29) is 11.9 Å². The van der Waals surface area contributed by atoms with E-state index in [1.807, 2.05) is 6.92 Å². The highest BCUT2D eigenvalue weighted by molar-refractivity contribution is 5.99. The predicted molar refractivity (Wildman–Crippen MR) is 76.2 cm³/mol. The van der Waals surface area contributed by atoms with Gasteiger partial charge >= 0.3 is 0 Å². The number of hydrazine groups is 1. The van der Waals surface area contributed by atoms with Crippen LogP contribution in [0.3, 0.4) is 0 Å². The second-order valence-corrected chi connectivity index (χ2v) is 4.85. The summed E-state index contributed by atoms with van der Waals surface area (Å²) < 4.78 is 5.30. The fourth-order valence-corrected chi connectivity index (χ4v) is 2.22. The minimum Gasteiger partial charge on any atom is -0.379 e. The van der Waals surface area contributed by atoms with Crippen molar-refractivity contribution < 1.29 is 9.53 Å². The number of carbonyl (C=O) groups is 1. The van der Waals surface area contributed by atoms with Crippen LogP contribution >= 0.6 is 0 Å². The van der Waals surface area contributed by atoms with Gasteiger partial charge in [0.2, 0.25) is 0 Å². The Morgan fingerprint density at radius 1 is 1.55 bits per heavy atom. The van der Waals surface area contributed by atoms with Crippen molar-refractivity contribution in [3.8, 4) is 0 Å². The van der Waals surface area contributed by atoms with Gasteiger partial charge in [0, 0.05) is 38.1 Å². The van der Waals surface area contributed by atoms with Gasteiger partial charge in [0.15, 0.2) is 0 Å². The standard InChI is InChI=1S/C13H21N5O2/c1-10(9-18-4-6-20-7-5-18)16-13(19)11-8-15-3-2-12(11)17-14/h2-3,8,10H,4-7,9,14H2,1H3,(H,15,17)(H,16,19). The zero-order chi connectivity index (χ0) is 14.4. The molecule has 1 aromatic rings. The number of hydrogen-bond donors (Lipinski definition) is 3. The van der Waals surface area contributed by atoms with E-state index >= 15 is 0 Å². The highest BCUT2D eigenvalue weighted by Gasteiger charge is 2.17. The Morgan fingerprint density at radius 3 is 3.00 bits per heavy atom. The Kier molecular flexibility index (Phi) is 5.28. The Hall–Kier alpha value is -1.70. The molecule has 7 nitrogen and oxygen atoms in total. The molecule has 1 aliphatic heterocycles. The number of nitrogen functional groups attached to an aromatic ring is 1. The number of nitrogens with one attached hydrogen (secondary N) is 2. The summed E-state index contributed by atoms with van der Waals surface area (Å²) in [6, 6.07) is 1.72. The van der Waals surface area contributed by atoms with Crippen LogP contribution in [0, 0.1) is 0 Å². The van der Waals surface area contributed by atoms with Gasteiger partial charge in [0.05, 0.1) is 24.5 Å². The van der Waals surface area contributed by atoms with Crippen LogP contribution in [0.1, 0.15) is 17.3 Å². The van der Waals surface area contributed by atoms with Crippen molar-refractivity contribution in [1.82, 2.24) is 15.2 Å². The number of rotatable bonds is 5. The molecule has 2 rings (SSSR count). The summed E-state index contributed by atoms with van der Waals surface area (Å²) in [6.07, 6.45) is 3.09. The first kappa shape index (κ1) is 14.7. The van der Waals surface area contributed by atoms with E-state index in [0.717, 1.165) is 32.8 Å². The summed E-state index contributed by atoms with van der Waals surface area (Å²) in [5.41, 5.74) is 3.52. The molecule has 1 aromatic heterocycles. The molecule has 0 aromatic carbocycles. The maximum atomic E-state index is 12.2. The number of hydrogen-bond acceptors (Lipinski definition) is 6. The van der Waals surface area contributed by atoms with Crippen LogP contribution in [0.5, 0.6) is 0 Å². The summed E-state index contributed by atoms with van der Waals surface area (Å²) in [7, 11) is 0. The molecule has 7 heteroatoms. The number of nitrogens with zero attached hydrogens (tertiary/aromatic N) is 2. The molecule has 2 heterocycles.